The first kappa shape index (κ1) is 29.8. The van der Waals surface area contributed by atoms with Crippen molar-refractivity contribution < 1.29 is 17.9 Å². The molecule has 0 unspecified atom stereocenters. The molecular formula is C28H33Cl2N5O4S. The van der Waals surface area contributed by atoms with E-state index < -0.39 is 22.1 Å². The average Bonchev–Trinajstić information content (AvgIpc) is 2.90. The van der Waals surface area contributed by atoms with Gasteiger partial charge in [-0.2, -0.15) is 0 Å². The number of carbonyl (C=O) groups is 1. The predicted octanol–water partition coefficient (Wildman–Crippen LogP) is 5.87. The molecule has 0 radical (unpaired) electrons. The van der Waals surface area contributed by atoms with Gasteiger partial charge in [0.05, 0.1) is 33.8 Å². The second-order valence-corrected chi connectivity index (χ2v) is 12.3. The van der Waals surface area contributed by atoms with Gasteiger partial charge in [0.25, 0.3) is 10.0 Å². The van der Waals surface area contributed by atoms with Gasteiger partial charge in [-0.25, -0.2) is 13.2 Å². The topological polar surface area (TPSA) is 112 Å². The van der Waals surface area contributed by atoms with Crippen LogP contribution in [-0.2, 0) is 10.0 Å². The van der Waals surface area contributed by atoms with Crippen molar-refractivity contribution in [1.29, 1.82) is 0 Å². The summed E-state index contributed by atoms with van der Waals surface area (Å²) in [7, 11) is -2.41. The van der Waals surface area contributed by atoms with Crippen LogP contribution in [0.2, 0.25) is 10.0 Å². The third-order valence-corrected chi connectivity index (χ3v) is 8.79. The largest absolute Gasteiger partial charge is 0.494 e. The Kier molecular flexibility index (Phi) is 9.35. The first-order chi connectivity index (χ1) is 19.0. The molecule has 4 N–H and O–H groups in total. The number of sulfonamides is 1. The number of rotatable bonds is 8. The first-order valence-corrected chi connectivity index (χ1v) is 15.0. The minimum absolute atomic E-state index is 0.0356. The summed E-state index contributed by atoms with van der Waals surface area (Å²) >= 11 is 12.3. The van der Waals surface area contributed by atoms with E-state index in [-0.39, 0.29) is 4.90 Å². The maximum absolute atomic E-state index is 13.1. The minimum Gasteiger partial charge on any atom is -0.494 e. The molecule has 0 spiro atoms. The van der Waals surface area contributed by atoms with Crippen LogP contribution in [-0.4, -0.2) is 46.7 Å². The number of nitrogens with zero attached hydrogens (tertiary/aromatic N) is 1. The summed E-state index contributed by atoms with van der Waals surface area (Å²) < 4.78 is 34.4. The number of hydrogen-bond acceptors (Lipinski definition) is 6. The van der Waals surface area contributed by atoms with Crippen LogP contribution in [0, 0.1) is 0 Å². The molecule has 12 heteroatoms. The van der Waals surface area contributed by atoms with Crippen LogP contribution in [0.25, 0.3) is 0 Å². The zero-order chi connectivity index (χ0) is 29.0. The van der Waals surface area contributed by atoms with Gasteiger partial charge in [0, 0.05) is 42.6 Å². The zero-order valence-electron chi connectivity index (χ0n) is 22.7. The minimum atomic E-state index is -3.92. The van der Waals surface area contributed by atoms with Gasteiger partial charge in [0.2, 0.25) is 0 Å². The smallest absolute Gasteiger partial charge is 0.319 e. The number of ether oxygens (including phenoxy) is 1. The number of piperazine rings is 1. The number of urea groups is 1. The molecule has 1 heterocycles. The third kappa shape index (κ3) is 7.11. The summed E-state index contributed by atoms with van der Waals surface area (Å²) in [5.74, 6) is 0.420. The monoisotopic (exact) mass is 605 g/mol. The Balaban J connectivity index is 1.41. The molecule has 3 aromatic rings. The fourth-order valence-electron chi connectivity index (χ4n) is 4.72. The highest BCUT2D eigenvalue weighted by Gasteiger charge is 2.23. The van der Waals surface area contributed by atoms with E-state index in [0.29, 0.717) is 44.8 Å². The Morgan fingerprint density at radius 2 is 1.73 bits per heavy atom. The molecule has 1 fully saturated rings. The number of methoxy groups -OCH3 is 1. The Hall–Kier alpha value is -3.18. The molecule has 0 saturated carbocycles. The van der Waals surface area contributed by atoms with E-state index in [1.54, 1.807) is 31.2 Å². The predicted molar refractivity (Wildman–Crippen MR) is 162 cm³/mol. The molecule has 0 aromatic heterocycles. The van der Waals surface area contributed by atoms with Gasteiger partial charge in [0.15, 0.2) is 0 Å². The molecule has 0 aliphatic carbocycles. The van der Waals surface area contributed by atoms with Gasteiger partial charge in [0.1, 0.15) is 5.75 Å². The SMILES string of the molecule is COc1cc(N2C[C@@H](C)N[C@@H](C)C2)ccc1NS(=O)(=O)c1ccc(NC(=O)N[C@H](C)c2cccc(Cl)c2Cl)cc1. The number of benzene rings is 3. The van der Waals surface area contributed by atoms with Crippen molar-refractivity contribution in [3.8, 4) is 5.75 Å². The highest BCUT2D eigenvalue weighted by Crippen LogP contribution is 2.33. The fourth-order valence-corrected chi connectivity index (χ4v) is 6.26. The third-order valence-electron chi connectivity index (χ3n) is 6.57. The average molecular weight is 607 g/mol. The van der Waals surface area contributed by atoms with E-state index in [1.165, 1.54) is 31.4 Å². The van der Waals surface area contributed by atoms with E-state index >= 15 is 0 Å². The highest BCUT2D eigenvalue weighted by molar-refractivity contribution is 7.92. The molecule has 1 aliphatic rings. The van der Waals surface area contributed by atoms with Gasteiger partial charge in [-0.1, -0.05) is 35.3 Å². The number of halogens is 2. The molecule has 214 valence electrons. The molecule has 0 bridgehead atoms. The lowest BCUT2D eigenvalue weighted by atomic mass is 10.1. The van der Waals surface area contributed by atoms with E-state index in [4.69, 9.17) is 27.9 Å². The standard InChI is InChI=1S/C28H33Cl2N5O4S/c1-17-15-35(16-18(2)31-17)21-10-13-25(26(14-21)39-4)34-40(37,38)22-11-8-20(9-12-22)33-28(36)32-19(3)23-6-5-7-24(29)27(23)30/h5-14,17-19,31,34H,15-16H2,1-4H3,(H2,32,33,36)/t17-,18+,19-/m1/s1. The summed E-state index contributed by atoms with van der Waals surface area (Å²) in [5.41, 5.74) is 2.39. The Bertz CT molecular complexity index is 1460. The fraction of sp³-hybridized carbons (Fsp3) is 0.321. The summed E-state index contributed by atoms with van der Waals surface area (Å²) in [6.45, 7) is 7.72. The first-order valence-electron chi connectivity index (χ1n) is 12.8. The van der Waals surface area contributed by atoms with Crippen molar-refractivity contribution in [2.45, 2.75) is 43.8 Å². The van der Waals surface area contributed by atoms with E-state index in [2.05, 4.69) is 39.4 Å². The van der Waals surface area contributed by atoms with E-state index in [1.807, 2.05) is 12.1 Å². The lowest BCUT2D eigenvalue weighted by molar-refractivity contribution is 0.249. The maximum Gasteiger partial charge on any atom is 0.319 e. The molecule has 40 heavy (non-hydrogen) atoms. The highest BCUT2D eigenvalue weighted by atomic mass is 35.5. The molecule has 2 amide bonds. The van der Waals surface area contributed by atoms with Crippen LogP contribution in [0.1, 0.15) is 32.4 Å². The quantitative estimate of drug-likeness (QED) is 0.255. The summed E-state index contributed by atoms with van der Waals surface area (Å²) in [6, 6.07) is 16.3. The zero-order valence-corrected chi connectivity index (χ0v) is 25.0. The van der Waals surface area contributed by atoms with Crippen LogP contribution in [0.5, 0.6) is 5.75 Å². The van der Waals surface area contributed by atoms with Crippen molar-refractivity contribution in [3.05, 3.63) is 76.3 Å². The maximum atomic E-state index is 13.1. The van der Waals surface area contributed by atoms with Crippen LogP contribution in [0.15, 0.2) is 65.6 Å². The Labute approximate surface area is 245 Å². The van der Waals surface area contributed by atoms with Crippen molar-refractivity contribution in [2.24, 2.45) is 0 Å². The molecule has 3 atom stereocenters. The van der Waals surface area contributed by atoms with Gasteiger partial charge in [-0.05, 0) is 68.8 Å². The summed E-state index contributed by atoms with van der Waals surface area (Å²) in [4.78, 5) is 14.8. The van der Waals surface area contributed by atoms with Crippen LogP contribution >= 0.6 is 23.2 Å². The second-order valence-electron chi connectivity index (χ2n) is 9.85. The van der Waals surface area contributed by atoms with Crippen molar-refractivity contribution in [3.63, 3.8) is 0 Å². The lowest BCUT2D eigenvalue weighted by Crippen LogP contribution is -2.54. The molecule has 1 saturated heterocycles. The number of hydrogen-bond donors (Lipinski definition) is 4. The summed E-state index contributed by atoms with van der Waals surface area (Å²) in [5, 5.41) is 9.76. The van der Waals surface area contributed by atoms with E-state index in [0.717, 1.165) is 18.8 Å². The van der Waals surface area contributed by atoms with Gasteiger partial charge in [-0.3, -0.25) is 4.72 Å². The van der Waals surface area contributed by atoms with Crippen LogP contribution in [0.4, 0.5) is 21.9 Å². The number of carbonyl (C=O) groups excluding carboxylic acids is 1. The summed E-state index contributed by atoms with van der Waals surface area (Å²) in [6.07, 6.45) is 0. The number of nitrogens with one attached hydrogen (secondary N) is 4. The van der Waals surface area contributed by atoms with Crippen molar-refractivity contribution in [2.75, 3.05) is 35.1 Å². The molecule has 9 nitrogen and oxygen atoms in total. The molecule has 1 aliphatic heterocycles. The van der Waals surface area contributed by atoms with Crippen molar-refractivity contribution in [1.82, 2.24) is 10.6 Å². The van der Waals surface area contributed by atoms with Gasteiger partial charge >= 0.3 is 6.03 Å². The number of amides is 2. The van der Waals surface area contributed by atoms with Gasteiger partial charge < -0.3 is 25.6 Å². The van der Waals surface area contributed by atoms with Crippen LogP contribution in [0.3, 0.4) is 0 Å². The molecule has 3 aromatic carbocycles. The van der Waals surface area contributed by atoms with Gasteiger partial charge in [-0.15, -0.1) is 0 Å². The van der Waals surface area contributed by atoms with Crippen molar-refractivity contribution >= 4 is 56.3 Å². The van der Waals surface area contributed by atoms with Crippen LogP contribution < -0.4 is 30.3 Å². The second kappa shape index (κ2) is 12.6. The van der Waals surface area contributed by atoms with E-state index in [9.17, 15) is 13.2 Å². The molecular weight excluding hydrogens is 573 g/mol. The normalized spacial score (nSPS) is 18.1. The molecule has 4 rings (SSSR count). The number of anilines is 3. The Morgan fingerprint density at radius 3 is 2.38 bits per heavy atom. The Morgan fingerprint density at radius 1 is 1.05 bits per heavy atom. The lowest BCUT2D eigenvalue weighted by Gasteiger charge is -2.37.